The number of hydrogen-bond acceptors (Lipinski definition) is 4. The van der Waals surface area contributed by atoms with E-state index in [1.54, 1.807) is 37.3 Å². The minimum Gasteiger partial charge on any atom is -0.463 e. The van der Waals surface area contributed by atoms with Gasteiger partial charge in [0.1, 0.15) is 0 Å². The Morgan fingerprint density at radius 2 is 1.66 bits per heavy atom. The number of unbranched alkanes of at least 4 members (excludes halogenated alkanes) is 4. The molecule has 0 atom stereocenters. The van der Waals surface area contributed by atoms with E-state index in [0.29, 0.717) is 41.1 Å². The van der Waals surface area contributed by atoms with Crippen LogP contribution < -0.4 is 0 Å². The van der Waals surface area contributed by atoms with Crippen molar-refractivity contribution >= 4 is 16.0 Å². The molecule has 0 radical (unpaired) electrons. The highest BCUT2D eigenvalue weighted by molar-refractivity contribution is 7.89. The van der Waals surface area contributed by atoms with Crippen molar-refractivity contribution in [1.29, 1.82) is 0 Å². The monoisotopic (exact) mass is 435 g/mol. The van der Waals surface area contributed by atoms with E-state index in [1.165, 1.54) is 0 Å². The first-order valence-electron chi connectivity index (χ1n) is 9.54. The third kappa shape index (κ3) is 8.57. The number of halogens is 3. The Morgan fingerprint density at radius 3 is 2.24 bits per heavy atom. The van der Waals surface area contributed by atoms with Crippen LogP contribution in [0.2, 0.25) is 0 Å². The van der Waals surface area contributed by atoms with Crippen LogP contribution in [0.4, 0.5) is 13.2 Å². The standard InChI is InChI=1S/C20H28F3NO4S/c1-3-28-19(25)17(2)12-8-5-4-6-11-15-24(29(26,27)20(21,22)23)16-18-13-9-7-10-14-18/h7,9-10,13-14H,2-6,8,11-12,15-16H2,1H3. The van der Waals surface area contributed by atoms with Gasteiger partial charge in [-0.3, -0.25) is 0 Å². The summed E-state index contributed by atoms with van der Waals surface area (Å²) >= 11 is 0. The molecule has 0 aliphatic heterocycles. The molecular formula is C20H28F3NO4S. The number of sulfonamides is 1. The van der Waals surface area contributed by atoms with Crippen LogP contribution in [-0.2, 0) is 26.1 Å². The van der Waals surface area contributed by atoms with Crippen LogP contribution in [0.25, 0.3) is 0 Å². The van der Waals surface area contributed by atoms with Crippen LogP contribution in [-0.4, -0.2) is 37.4 Å². The highest BCUT2D eigenvalue weighted by atomic mass is 32.2. The predicted molar refractivity (Wildman–Crippen MR) is 105 cm³/mol. The van der Waals surface area contributed by atoms with E-state index in [9.17, 15) is 26.4 Å². The molecule has 0 spiro atoms. The lowest BCUT2D eigenvalue weighted by molar-refractivity contribution is -0.138. The first kappa shape index (κ1) is 25.2. The third-order valence-electron chi connectivity index (χ3n) is 4.28. The fraction of sp³-hybridized carbons (Fsp3) is 0.550. The lowest BCUT2D eigenvalue weighted by Gasteiger charge is -2.23. The van der Waals surface area contributed by atoms with E-state index in [4.69, 9.17) is 4.74 Å². The van der Waals surface area contributed by atoms with Gasteiger partial charge in [-0.15, -0.1) is 0 Å². The summed E-state index contributed by atoms with van der Waals surface area (Å²) in [5, 5.41) is 0. The van der Waals surface area contributed by atoms with Gasteiger partial charge >= 0.3 is 21.5 Å². The summed E-state index contributed by atoms with van der Waals surface area (Å²) in [7, 11) is -5.39. The van der Waals surface area contributed by atoms with Crippen molar-refractivity contribution < 1.29 is 31.1 Å². The second-order valence-corrected chi connectivity index (χ2v) is 8.54. The van der Waals surface area contributed by atoms with E-state index in [0.717, 1.165) is 12.8 Å². The largest absolute Gasteiger partial charge is 0.511 e. The maximum Gasteiger partial charge on any atom is 0.511 e. The quantitative estimate of drug-likeness (QED) is 0.254. The second kappa shape index (κ2) is 12.0. The number of ether oxygens (including phenoxy) is 1. The molecule has 1 aromatic rings. The zero-order chi connectivity index (χ0) is 21.9. The molecule has 5 nitrogen and oxygen atoms in total. The van der Waals surface area contributed by atoms with Crippen molar-refractivity contribution in [3.63, 3.8) is 0 Å². The van der Waals surface area contributed by atoms with E-state index >= 15 is 0 Å². The summed E-state index contributed by atoms with van der Waals surface area (Å²) in [6.45, 7) is 5.15. The summed E-state index contributed by atoms with van der Waals surface area (Å²) < 4.78 is 68.0. The number of alkyl halides is 3. The van der Waals surface area contributed by atoms with Crippen molar-refractivity contribution in [3.05, 3.63) is 48.0 Å². The summed E-state index contributed by atoms with van der Waals surface area (Å²) in [4.78, 5) is 11.4. The van der Waals surface area contributed by atoms with E-state index < -0.39 is 21.5 Å². The Bertz CT molecular complexity index is 749. The normalized spacial score (nSPS) is 12.2. The number of esters is 1. The number of benzene rings is 1. The molecule has 0 aliphatic carbocycles. The minimum atomic E-state index is -5.39. The van der Waals surface area contributed by atoms with E-state index in [2.05, 4.69) is 6.58 Å². The molecular weight excluding hydrogens is 407 g/mol. The van der Waals surface area contributed by atoms with Crippen LogP contribution in [0.3, 0.4) is 0 Å². The Hall–Kier alpha value is -1.87. The molecule has 0 saturated carbocycles. The smallest absolute Gasteiger partial charge is 0.463 e. The molecule has 1 rings (SSSR count). The first-order valence-corrected chi connectivity index (χ1v) is 11.0. The molecule has 0 bridgehead atoms. The summed E-state index contributed by atoms with van der Waals surface area (Å²) in [6, 6.07) is 8.20. The number of carbonyl (C=O) groups excluding carboxylic acids is 1. The van der Waals surface area contributed by atoms with Gasteiger partial charge < -0.3 is 4.74 Å². The van der Waals surface area contributed by atoms with Gasteiger partial charge in [0.15, 0.2) is 0 Å². The summed E-state index contributed by atoms with van der Waals surface area (Å²) in [5.41, 5.74) is -4.43. The second-order valence-electron chi connectivity index (χ2n) is 6.61. The fourth-order valence-corrected chi connectivity index (χ4v) is 3.69. The van der Waals surface area contributed by atoms with Crippen molar-refractivity contribution in [1.82, 2.24) is 4.31 Å². The topological polar surface area (TPSA) is 63.7 Å². The molecule has 29 heavy (non-hydrogen) atoms. The van der Waals surface area contributed by atoms with Gasteiger partial charge in [0.25, 0.3) is 0 Å². The summed E-state index contributed by atoms with van der Waals surface area (Å²) in [5.74, 6) is -0.415. The summed E-state index contributed by atoms with van der Waals surface area (Å²) in [6.07, 6.45) is 3.61. The lowest BCUT2D eigenvalue weighted by Crippen LogP contribution is -2.40. The minimum absolute atomic E-state index is 0.202. The van der Waals surface area contributed by atoms with Crippen LogP contribution in [0.1, 0.15) is 51.0 Å². The van der Waals surface area contributed by atoms with Crippen LogP contribution in [0.5, 0.6) is 0 Å². The highest BCUT2D eigenvalue weighted by Crippen LogP contribution is 2.28. The van der Waals surface area contributed by atoms with Gasteiger partial charge in [-0.05, 0) is 31.7 Å². The Labute approximate surface area is 170 Å². The molecule has 0 amide bonds. The number of rotatable bonds is 13. The molecule has 9 heteroatoms. The van der Waals surface area contributed by atoms with Crippen molar-refractivity contribution in [2.75, 3.05) is 13.2 Å². The zero-order valence-electron chi connectivity index (χ0n) is 16.6. The predicted octanol–water partition coefficient (Wildman–Crippen LogP) is 4.80. The number of carbonyl (C=O) groups is 1. The van der Waals surface area contributed by atoms with Gasteiger partial charge in [-0.2, -0.15) is 17.5 Å². The molecule has 0 aromatic heterocycles. The molecule has 0 fully saturated rings. The number of hydrogen-bond donors (Lipinski definition) is 0. The molecule has 0 N–H and O–H groups in total. The highest BCUT2D eigenvalue weighted by Gasteiger charge is 2.49. The molecule has 164 valence electrons. The Balaban J connectivity index is 2.47. The SMILES string of the molecule is C=C(CCCCCCCN(Cc1ccccc1)S(=O)(=O)C(F)(F)F)C(=O)OCC. The maximum atomic E-state index is 13.0. The molecule has 0 unspecified atom stereocenters. The van der Waals surface area contributed by atoms with Crippen molar-refractivity contribution in [2.45, 2.75) is 57.5 Å². The van der Waals surface area contributed by atoms with Gasteiger partial charge in [0.05, 0.1) is 6.61 Å². The average molecular weight is 436 g/mol. The molecule has 0 heterocycles. The van der Waals surface area contributed by atoms with Crippen molar-refractivity contribution in [2.24, 2.45) is 0 Å². The van der Waals surface area contributed by atoms with Crippen molar-refractivity contribution in [3.8, 4) is 0 Å². The van der Waals surface area contributed by atoms with Gasteiger partial charge in [0, 0.05) is 18.7 Å². The molecule has 0 aliphatic rings. The average Bonchev–Trinajstić information content (AvgIpc) is 2.66. The fourth-order valence-electron chi connectivity index (χ4n) is 2.71. The van der Waals surface area contributed by atoms with E-state index in [1.807, 2.05) is 0 Å². The van der Waals surface area contributed by atoms with Crippen LogP contribution in [0.15, 0.2) is 42.5 Å². The third-order valence-corrected chi connectivity index (χ3v) is 5.86. The zero-order valence-corrected chi connectivity index (χ0v) is 17.4. The Morgan fingerprint density at radius 1 is 1.07 bits per heavy atom. The van der Waals surface area contributed by atoms with Crippen LogP contribution >= 0.6 is 0 Å². The van der Waals surface area contributed by atoms with Gasteiger partial charge in [-0.1, -0.05) is 56.2 Å². The van der Waals surface area contributed by atoms with Crippen LogP contribution in [0, 0.1) is 0 Å². The lowest BCUT2D eigenvalue weighted by atomic mass is 10.1. The molecule has 0 saturated heterocycles. The van der Waals surface area contributed by atoms with E-state index in [-0.39, 0.29) is 19.7 Å². The first-order chi connectivity index (χ1) is 13.6. The maximum absolute atomic E-state index is 13.0. The number of nitrogens with zero attached hydrogens (tertiary/aromatic N) is 1. The molecule has 1 aromatic carbocycles. The Kier molecular flexibility index (Phi) is 10.4. The van der Waals surface area contributed by atoms with Gasteiger partial charge in [-0.25, -0.2) is 13.2 Å². The van der Waals surface area contributed by atoms with Gasteiger partial charge in [0.2, 0.25) is 0 Å².